The molecule has 3 aromatic carbocycles. The number of aryl methyl sites for hydroxylation is 1. The molecule has 0 radical (unpaired) electrons. The van der Waals surface area contributed by atoms with Gasteiger partial charge in [0.2, 0.25) is 21.8 Å². The summed E-state index contributed by atoms with van der Waals surface area (Å²) in [4.78, 5) is 29.4. The fourth-order valence-electron chi connectivity index (χ4n) is 5.67. The lowest BCUT2D eigenvalue weighted by atomic mass is 9.94. The number of anilines is 1. The smallest absolute Gasteiger partial charge is 0.243 e. The highest BCUT2D eigenvalue weighted by atomic mass is 32.2. The minimum Gasteiger partial charge on any atom is -0.352 e. The van der Waals surface area contributed by atoms with E-state index in [4.69, 9.17) is 0 Å². The van der Waals surface area contributed by atoms with E-state index in [1.165, 1.54) is 16.4 Å². The van der Waals surface area contributed by atoms with E-state index in [1.807, 2.05) is 43.3 Å². The summed E-state index contributed by atoms with van der Waals surface area (Å²) in [7, 11) is -3.58. The van der Waals surface area contributed by atoms with Gasteiger partial charge in [-0.25, -0.2) is 12.8 Å². The van der Waals surface area contributed by atoms with E-state index < -0.39 is 16.1 Å². The lowest BCUT2D eigenvalue weighted by Crippen LogP contribution is -2.52. The van der Waals surface area contributed by atoms with E-state index >= 15 is 0 Å². The van der Waals surface area contributed by atoms with Crippen LogP contribution in [0.4, 0.5) is 10.1 Å². The van der Waals surface area contributed by atoms with E-state index in [9.17, 15) is 22.4 Å². The van der Waals surface area contributed by atoms with Crippen LogP contribution in [0.2, 0.25) is 0 Å². The number of carbonyl (C=O) groups is 2. The van der Waals surface area contributed by atoms with Crippen LogP contribution in [0.5, 0.6) is 0 Å². The first-order valence-corrected chi connectivity index (χ1v) is 16.9. The third-order valence-electron chi connectivity index (χ3n) is 7.93. The normalized spacial score (nSPS) is 14.6. The predicted molar refractivity (Wildman–Crippen MR) is 169 cm³/mol. The van der Waals surface area contributed by atoms with Crippen LogP contribution < -0.4 is 9.62 Å². The van der Waals surface area contributed by atoms with E-state index in [-0.39, 0.29) is 49.6 Å². The number of nitrogens with zero attached hydrogens (tertiary/aromatic N) is 2. The number of amides is 2. The Kier molecular flexibility index (Phi) is 11.3. The lowest BCUT2D eigenvalue weighted by molar-refractivity contribution is -0.141. The van der Waals surface area contributed by atoms with Gasteiger partial charge in [-0.2, -0.15) is 0 Å². The number of benzene rings is 3. The van der Waals surface area contributed by atoms with Crippen LogP contribution in [0.3, 0.4) is 0 Å². The summed E-state index contributed by atoms with van der Waals surface area (Å²) in [6.07, 6.45) is 6.89. The van der Waals surface area contributed by atoms with Crippen molar-refractivity contribution in [3.63, 3.8) is 0 Å². The molecule has 1 N–H and O–H groups in total. The van der Waals surface area contributed by atoms with Gasteiger partial charge in [0, 0.05) is 32.0 Å². The summed E-state index contributed by atoms with van der Waals surface area (Å²) in [5.74, 6) is -0.847. The summed E-state index contributed by atoms with van der Waals surface area (Å²) in [5.41, 5.74) is 3.11. The van der Waals surface area contributed by atoms with Gasteiger partial charge in [-0.05, 0) is 67.1 Å². The average Bonchev–Trinajstić information content (AvgIpc) is 2.98. The Balaban J connectivity index is 1.58. The van der Waals surface area contributed by atoms with Gasteiger partial charge in [0.05, 0.1) is 11.9 Å². The van der Waals surface area contributed by atoms with E-state index in [1.54, 1.807) is 35.2 Å². The van der Waals surface area contributed by atoms with Gasteiger partial charge in [0.25, 0.3) is 0 Å². The molecule has 1 unspecified atom stereocenters. The molecule has 4 rings (SSSR count). The highest BCUT2D eigenvalue weighted by Gasteiger charge is 2.32. The quantitative estimate of drug-likeness (QED) is 0.267. The monoisotopic (exact) mass is 607 g/mol. The first-order chi connectivity index (χ1) is 20.6. The first kappa shape index (κ1) is 32.2. The standard InChI is InChI=1S/C34H42FN3O4S/c1-26-11-9-16-31(23-26)38(43(2,41)42)22-10-17-33(39)37(25-28-18-20-29(35)21-19-28)32(24-27-12-5-3-6-13-27)34(40)36-30-14-7-4-8-15-30/h3,5-6,9,11-13,16,18-21,23,30,32H,4,7-8,10,14-15,17,22,24-25H2,1-2H3,(H,36,40). The molecule has 0 spiro atoms. The van der Waals surface area contributed by atoms with Crippen molar-refractivity contribution in [2.75, 3.05) is 17.1 Å². The largest absolute Gasteiger partial charge is 0.352 e. The number of hydrogen-bond acceptors (Lipinski definition) is 4. The maximum atomic E-state index is 14.0. The highest BCUT2D eigenvalue weighted by Crippen LogP contribution is 2.22. The van der Waals surface area contributed by atoms with Gasteiger partial charge >= 0.3 is 0 Å². The molecule has 230 valence electrons. The number of rotatable bonds is 13. The molecular formula is C34H42FN3O4S. The van der Waals surface area contributed by atoms with Crippen LogP contribution in [-0.2, 0) is 32.6 Å². The fraction of sp³-hybridized carbons (Fsp3) is 0.412. The van der Waals surface area contributed by atoms with Crippen LogP contribution in [0.1, 0.15) is 61.6 Å². The Morgan fingerprint density at radius 2 is 1.63 bits per heavy atom. The Morgan fingerprint density at radius 1 is 0.930 bits per heavy atom. The summed E-state index contributed by atoms with van der Waals surface area (Å²) < 4.78 is 40.4. The molecule has 2 amide bonds. The van der Waals surface area contributed by atoms with Crippen molar-refractivity contribution in [1.29, 1.82) is 0 Å². The summed E-state index contributed by atoms with van der Waals surface area (Å²) >= 11 is 0. The van der Waals surface area contributed by atoms with Crippen molar-refractivity contribution < 1.29 is 22.4 Å². The van der Waals surface area contributed by atoms with Crippen molar-refractivity contribution >= 4 is 27.5 Å². The van der Waals surface area contributed by atoms with E-state index in [0.717, 1.165) is 49.5 Å². The minimum atomic E-state index is -3.58. The van der Waals surface area contributed by atoms with E-state index in [0.29, 0.717) is 17.7 Å². The molecule has 9 heteroatoms. The van der Waals surface area contributed by atoms with Crippen LogP contribution in [-0.4, -0.2) is 50.0 Å². The van der Waals surface area contributed by atoms with Gasteiger partial charge in [-0.1, -0.05) is 73.9 Å². The molecular weight excluding hydrogens is 565 g/mol. The van der Waals surface area contributed by atoms with Crippen molar-refractivity contribution in [2.45, 2.75) is 76.9 Å². The molecule has 1 aliphatic carbocycles. The topological polar surface area (TPSA) is 86.8 Å². The van der Waals surface area contributed by atoms with Crippen molar-refractivity contribution in [3.05, 3.63) is 101 Å². The molecule has 43 heavy (non-hydrogen) atoms. The number of halogens is 1. The zero-order valence-electron chi connectivity index (χ0n) is 25.0. The molecule has 0 bridgehead atoms. The number of hydrogen-bond donors (Lipinski definition) is 1. The Bertz CT molecular complexity index is 1460. The Morgan fingerprint density at radius 3 is 2.28 bits per heavy atom. The SMILES string of the molecule is Cc1cccc(N(CCCC(=O)N(Cc2ccc(F)cc2)C(Cc2ccccc2)C(=O)NC2CCCCC2)S(C)(=O)=O)c1. The fourth-order valence-corrected chi connectivity index (χ4v) is 6.63. The molecule has 0 saturated heterocycles. The summed E-state index contributed by atoms with van der Waals surface area (Å²) in [6, 6.07) is 22.0. The number of sulfonamides is 1. The van der Waals surface area contributed by atoms with Gasteiger partial charge in [0.15, 0.2) is 0 Å². The van der Waals surface area contributed by atoms with Crippen molar-refractivity contribution in [3.8, 4) is 0 Å². The highest BCUT2D eigenvalue weighted by molar-refractivity contribution is 7.92. The van der Waals surface area contributed by atoms with Gasteiger partial charge < -0.3 is 10.2 Å². The van der Waals surface area contributed by atoms with Crippen molar-refractivity contribution in [2.24, 2.45) is 0 Å². The third kappa shape index (κ3) is 9.64. The molecule has 0 aromatic heterocycles. The zero-order valence-corrected chi connectivity index (χ0v) is 25.9. The molecule has 1 aliphatic rings. The Hall–Kier alpha value is -3.72. The number of carbonyl (C=O) groups excluding carboxylic acids is 2. The van der Waals surface area contributed by atoms with Crippen LogP contribution in [0.25, 0.3) is 0 Å². The predicted octanol–water partition coefficient (Wildman–Crippen LogP) is 5.77. The molecule has 0 aliphatic heterocycles. The second-order valence-electron chi connectivity index (χ2n) is 11.5. The zero-order chi connectivity index (χ0) is 30.8. The van der Waals surface area contributed by atoms with Gasteiger partial charge in [-0.15, -0.1) is 0 Å². The van der Waals surface area contributed by atoms with E-state index in [2.05, 4.69) is 5.32 Å². The molecule has 1 atom stereocenters. The second-order valence-corrected chi connectivity index (χ2v) is 13.4. The minimum absolute atomic E-state index is 0.0427. The lowest BCUT2D eigenvalue weighted by Gasteiger charge is -2.34. The van der Waals surface area contributed by atoms with Crippen molar-refractivity contribution in [1.82, 2.24) is 10.2 Å². The van der Waals surface area contributed by atoms with Gasteiger partial charge in [-0.3, -0.25) is 13.9 Å². The molecule has 7 nitrogen and oxygen atoms in total. The van der Waals surface area contributed by atoms with Gasteiger partial charge in [0.1, 0.15) is 11.9 Å². The molecule has 3 aromatic rings. The third-order valence-corrected chi connectivity index (χ3v) is 9.12. The second kappa shape index (κ2) is 15.1. The summed E-state index contributed by atoms with van der Waals surface area (Å²) in [6.45, 7) is 2.14. The molecule has 1 saturated carbocycles. The van der Waals surface area contributed by atoms with Crippen LogP contribution in [0, 0.1) is 12.7 Å². The molecule has 0 heterocycles. The average molecular weight is 608 g/mol. The van der Waals surface area contributed by atoms with Crippen LogP contribution in [0.15, 0.2) is 78.9 Å². The number of nitrogens with one attached hydrogen (secondary N) is 1. The maximum absolute atomic E-state index is 14.0. The maximum Gasteiger partial charge on any atom is 0.243 e. The van der Waals surface area contributed by atoms with Crippen LogP contribution >= 0.6 is 0 Å². The first-order valence-electron chi connectivity index (χ1n) is 15.0. The Labute approximate surface area is 255 Å². The molecule has 1 fully saturated rings. The summed E-state index contributed by atoms with van der Waals surface area (Å²) in [5, 5.41) is 3.21.